The van der Waals surface area contributed by atoms with E-state index in [4.69, 9.17) is 9.47 Å². The maximum Gasteiger partial charge on any atom is 0.306 e. The topological polar surface area (TPSA) is 113 Å². The molecule has 0 spiro atoms. The first-order valence-corrected chi connectivity index (χ1v) is 18.8. The molecule has 0 saturated heterocycles. The number of hydrogen-bond donors (Lipinski definition) is 3. The standard InChI is InChI=1S/C40H70O7/c1-4-6-7-8-16-21-27-36(42)28-22-18-19-23-29-37(43)30-25-32-39(44)46-34-38(33-41)47-40(45)31-24-17-14-12-10-9-11-13-15-20-26-35(3)5-2/h16,18-19,21-23,28-29,35-38,41-43H,4-15,17,20,24-27,30-34H2,1-3H3/b19-18+,21-16-,28-22+,29-23-/t35?,36-,37-,38+/m1/s1. The maximum atomic E-state index is 12.1. The Hall–Kier alpha value is -2.22. The molecule has 0 aliphatic rings. The predicted molar refractivity (Wildman–Crippen MR) is 194 cm³/mol. The van der Waals surface area contributed by atoms with Gasteiger partial charge in [0, 0.05) is 12.8 Å². The highest BCUT2D eigenvalue weighted by Gasteiger charge is 2.16. The highest BCUT2D eigenvalue weighted by molar-refractivity contribution is 5.70. The zero-order valence-corrected chi connectivity index (χ0v) is 30.2. The quantitative estimate of drug-likeness (QED) is 0.0285. The van der Waals surface area contributed by atoms with Crippen molar-refractivity contribution in [1.82, 2.24) is 0 Å². The molecule has 272 valence electrons. The van der Waals surface area contributed by atoms with E-state index in [1.165, 1.54) is 77.0 Å². The fourth-order valence-corrected chi connectivity index (χ4v) is 5.02. The lowest BCUT2D eigenvalue weighted by atomic mass is 9.99. The molecule has 0 aromatic heterocycles. The maximum absolute atomic E-state index is 12.1. The molecule has 47 heavy (non-hydrogen) atoms. The molecule has 7 heteroatoms. The number of hydrogen-bond acceptors (Lipinski definition) is 7. The molecule has 0 aliphatic heterocycles. The molecule has 0 fully saturated rings. The van der Waals surface area contributed by atoms with E-state index in [0.29, 0.717) is 25.7 Å². The summed E-state index contributed by atoms with van der Waals surface area (Å²) < 4.78 is 10.5. The normalized spacial score (nSPS) is 14.8. The number of carbonyl (C=O) groups is 2. The lowest BCUT2D eigenvalue weighted by Gasteiger charge is -2.16. The number of allylic oxidation sites excluding steroid dienone is 5. The Morgan fingerprint density at radius 1 is 0.660 bits per heavy atom. The van der Waals surface area contributed by atoms with Gasteiger partial charge >= 0.3 is 11.9 Å². The van der Waals surface area contributed by atoms with Crippen LogP contribution in [0.5, 0.6) is 0 Å². The molecular weight excluding hydrogens is 592 g/mol. The highest BCUT2D eigenvalue weighted by Crippen LogP contribution is 2.16. The highest BCUT2D eigenvalue weighted by atomic mass is 16.6. The van der Waals surface area contributed by atoms with E-state index in [1.807, 2.05) is 6.08 Å². The van der Waals surface area contributed by atoms with Crippen molar-refractivity contribution in [3.8, 4) is 0 Å². The van der Waals surface area contributed by atoms with Gasteiger partial charge in [0.15, 0.2) is 6.10 Å². The summed E-state index contributed by atoms with van der Waals surface area (Å²) in [5.74, 6) is 0.0259. The van der Waals surface area contributed by atoms with E-state index in [9.17, 15) is 24.9 Å². The van der Waals surface area contributed by atoms with Gasteiger partial charge < -0.3 is 24.8 Å². The first-order chi connectivity index (χ1) is 22.8. The number of aliphatic hydroxyl groups excluding tert-OH is 3. The van der Waals surface area contributed by atoms with Gasteiger partial charge in [-0.1, -0.05) is 153 Å². The molecule has 0 heterocycles. The predicted octanol–water partition coefficient (Wildman–Crippen LogP) is 9.25. The molecule has 0 saturated carbocycles. The molecule has 0 bridgehead atoms. The van der Waals surface area contributed by atoms with Crippen LogP contribution in [-0.4, -0.2) is 58.8 Å². The van der Waals surface area contributed by atoms with E-state index in [0.717, 1.165) is 31.6 Å². The molecule has 0 rings (SSSR count). The molecule has 0 aromatic carbocycles. The minimum absolute atomic E-state index is 0.124. The average Bonchev–Trinajstić information content (AvgIpc) is 3.06. The summed E-state index contributed by atoms with van der Waals surface area (Å²) in [4.78, 5) is 24.2. The fraction of sp³-hybridized carbons (Fsp3) is 0.750. The number of rotatable bonds is 32. The van der Waals surface area contributed by atoms with Crippen LogP contribution >= 0.6 is 0 Å². The monoisotopic (exact) mass is 663 g/mol. The number of ether oxygens (including phenoxy) is 2. The van der Waals surface area contributed by atoms with Crippen molar-refractivity contribution in [2.24, 2.45) is 5.92 Å². The zero-order chi connectivity index (χ0) is 34.8. The summed E-state index contributed by atoms with van der Waals surface area (Å²) in [6.45, 7) is 6.20. The number of aliphatic hydroxyl groups is 3. The third-order valence-electron chi connectivity index (χ3n) is 8.36. The van der Waals surface area contributed by atoms with Crippen molar-refractivity contribution >= 4 is 11.9 Å². The summed E-state index contributed by atoms with van der Waals surface area (Å²) in [6.07, 6.45) is 33.7. The van der Waals surface area contributed by atoms with Crippen molar-refractivity contribution in [1.29, 1.82) is 0 Å². The third-order valence-corrected chi connectivity index (χ3v) is 8.36. The van der Waals surface area contributed by atoms with E-state index >= 15 is 0 Å². The number of carbonyl (C=O) groups excluding carboxylic acids is 2. The average molecular weight is 663 g/mol. The summed E-state index contributed by atoms with van der Waals surface area (Å²) in [5.41, 5.74) is 0. The van der Waals surface area contributed by atoms with Gasteiger partial charge in [0.2, 0.25) is 0 Å². The Morgan fingerprint density at radius 3 is 1.87 bits per heavy atom. The van der Waals surface area contributed by atoms with Gasteiger partial charge in [-0.25, -0.2) is 0 Å². The smallest absolute Gasteiger partial charge is 0.306 e. The number of unbranched alkanes of at least 4 members (excludes halogenated alkanes) is 12. The van der Waals surface area contributed by atoms with Gasteiger partial charge in [0.25, 0.3) is 0 Å². The van der Waals surface area contributed by atoms with Crippen molar-refractivity contribution < 1.29 is 34.4 Å². The second-order valence-electron chi connectivity index (χ2n) is 12.9. The SMILES string of the molecule is CCCCC/C=C\C[C@@H](O)/C=C/C=C/C=C\[C@@H](O)CCCC(=O)OC[C@H](CO)OC(=O)CCCCCCCCCCCCC(C)CC. The van der Waals surface area contributed by atoms with Crippen LogP contribution < -0.4 is 0 Å². The van der Waals surface area contributed by atoms with Crippen molar-refractivity contribution in [2.45, 2.75) is 174 Å². The van der Waals surface area contributed by atoms with Crippen LogP contribution in [0, 0.1) is 5.92 Å². The molecule has 0 amide bonds. The van der Waals surface area contributed by atoms with Gasteiger partial charge in [0.05, 0.1) is 18.8 Å². The second kappa shape index (κ2) is 33.7. The van der Waals surface area contributed by atoms with E-state index in [-0.39, 0.29) is 19.0 Å². The summed E-state index contributed by atoms with van der Waals surface area (Å²) in [6, 6.07) is 0. The molecule has 0 aliphatic carbocycles. The van der Waals surface area contributed by atoms with Crippen LogP contribution in [0.1, 0.15) is 156 Å². The van der Waals surface area contributed by atoms with Gasteiger partial charge in [0.1, 0.15) is 6.61 Å². The van der Waals surface area contributed by atoms with Gasteiger partial charge in [-0.15, -0.1) is 0 Å². The number of esters is 2. The Balaban J connectivity index is 3.87. The minimum Gasteiger partial charge on any atom is -0.462 e. The van der Waals surface area contributed by atoms with Crippen molar-refractivity contribution in [2.75, 3.05) is 13.2 Å². The van der Waals surface area contributed by atoms with E-state index in [1.54, 1.807) is 36.5 Å². The molecule has 0 aromatic rings. The largest absolute Gasteiger partial charge is 0.462 e. The summed E-state index contributed by atoms with van der Waals surface area (Å²) >= 11 is 0. The molecular formula is C40H70O7. The Bertz CT molecular complexity index is 848. The van der Waals surface area contributed by atoms with Crippen LogP contribution in [0.25, 0.3) is 0 Å². The fourth-order valence-electron chi connectivity index (χ4n) is 5.02. The zero-order valence-electron chi connectivity index (χ0n) is 30.2. The van der Waals surface area contributed by atoms with Crippen LogP contribution in [0.2, 0.25) is 0 Å². The molecule has 7 nitrogen and oxygen atoms in total. The first kappa shape index (κ1) is 44.8. The van der Waals surface area contributed by atoms with Gasteiger partial charge in [-0.3, -0.25) is 9.59 Å². The minimum atomic E-state index is -0.862. The Kier molecular flexibility index (Phi) is 32.1. The second-order valence-corrected chi connectivity index (χ2v) is 12.9. The lowest BCUT2D eigenvalue weighted by molar-refractivity contribution is -0.161. The lowest BCUT2D eigenvalue weighted by Crippen LogP contribution is -2.28. The van der Waals surface area contributed by atoms with Crippen LogP contribution in [0.4, 0.5) is 0 Å². The van der Waals surface area contributed by atoms with Crippen molar-refractivity contribution in [3.63, 3.8) is 0 Å². The van der Waals surface area contributed by atoms with Gasteiger partial charge in [-0.05, 0) is 44.4 Å². The van der Waals surface area contributed by atoms with Crippen LogP contribution in [-0.2, 0) is 19.1 Å². The Labute approximate surface area is 287 Å². The van der Waals surface area contributed by atoms with Crippen molar-refractivity contribution in [3.05, 3.63) is 48.6 Å². The van der Waals surface area contributed by atoms with E-state index in [2.05, 4.69) is 26.8 Å². The molecule has 4 atom stereocenters. The summed E-state index contributed by atoms with van der Waals surface area (Å²) in [7, 11) is 0. The third kappa shape index (κ3) is 32.1. The first-order valence-electron chi connectivity index (χ1n) is 18.8. The molecule has 0 radical (unpaired) electrons. The Morgan fingerprint density at radius 2 is 1.26 bits per heavy atom. The molecule has 3 N–H and O–H groups in total. The van der Waals surface area contributed by atoms with Crippen LogP contribution in [0.3, 0.4) is 0 Å². The summed E-state index contributed by atoms with van der Waals surface area (Å²) in [5, 5.41) is 29.6. The van der Waals surface area contributed by atoms with Crippen LogP contribution in [0.15, 0.2) is 48.6 Å². The molecule has 1 unspecified atom stereocenters. The van der Waals surface area contributed by atoms with Gasteiger partial charge in [-0.2, -0.15) is 0 Å². The van der Waals surface area contributed by atoms with E-state index < -0.39 is 30.9 Å².